The van der Waals surface area contributed by atoms with Crippen LogP contribution in [0.3, 0.4) is 0 Å². The highest BCUT2D eigenvalue weighted by atomic mass is 79.9. The number of benzene rings is 1. The first kappa shape index (κ1) is 15.8. The Labute approximate surface area is 132 Å². The number of aliphatic carboxylic acids is 1. The zero-order chi connectivity index (χ0) is 15.4. The number of likely N-dealkylation sites (tertiary alicyclic amines) is 1. The third-order valence-electron chi connectivity index (χ3n) is 3.81. The van der Waals surface area contributed by atoms with Crippen molar-refractivity contribution in [2.45, 2.75) is 25.8 Å². The number of halogens is 1. The lowest BCUT2D eigenvalue weighted by atomic mass is 9.90. The van der Waals surface area contributed by atoms with Crippen molar-refractivity contribution >= 4 is 27.8 Å². The SMILES string of the molecule is C[C@@H]1[C@H](C(=O)O)CCCN1C(=O)COc1ccccc1Br. The Morgan fingerprint density at radius 2 is 2.14 bits per heavy atom. The lowest BCUT2D eigenvalue weighted by molar-refractivity contribution is -0.149. The van der Waals surface area contributed by atoms with Gasteiger partial charge in [0.05, 0.1) is 10.4 Å². The molecule has 1 N–H and O–H groups in total. The first-order valence-corrected chi connectivity index (χ1v) is 7.69. The van der Waals surface area contributed by atoms with Gasteiger partial charge in [-0.15, -0.1) is 0 Å². The second-order valence-corrected chi connectivity index (χ2v) is 5.99. The molecule has 0 unspecified atom stereocenters. The van der Waals surface area contributed by atoms with Gasteiger partial charge in [0.25, 0.3) is 5.91 Å². The minimum Gasteiger partial charge on any atom is -0.483 e. The van der Waals surface area contributed by atoms with Gasteiger partial charge in [-0.3, -0.25) is 9.59 Å². The van der Waals surface area contributed by atoms with Gasteiger partial charge < -0.3 is 14.7 Å². The molecule has 6 heteroatoms. The molecule has 0 aliphatic carbocycles. The van der Waals surface area contributed by atoms with E-state index in [0.717, 1.165) is 4.47 Å². The van der Waals surface area contributed by atoms with E-state index in [0.29, 0.717) is 25.1 Å². The summed E-state index contributed by atoms with van der Waals surface area (Å²) < 4.78 is 6.30. The number of hydrogen-bond donors (Lipinski definition) is 1. The van der Waals surface area contributed by atoms with Gasteiger partial charge in [-0.05, 0) is 47.8 Å². The standard InChI is InChI=1S/C15H18BrNO4/c1-10-11(15(19)20)5-4-8-17(10)14(18)9-21-13-7-3-2-6-12(13)16/h2-3,6-7,10-11H,4-5,8-9H2,1H3,(H,19,20)/t10-,11-/m1/s1. The average molecular weight is 356 g/mol. The average Bonchev–Trinajstić information content (AvgIpc) is 2.46. The van der Waals surface area contributed by atoms with Gasteiger partial charge in [0.15, 0.2) is 6.61 Å². The first-order valence-electron chi connectivity index (χ1n) is 6.90. The van der Waals surface area contributed by atoms with Crippen molar-refractivity contribution in [2.24, 2.45) is 5.92 Å². The van der Waals surface area contributed by atoms with Crippen molar-refractivity contribution in [3.05, 3.63) is 28.7 Å². The maximum Gasteiger partial charge on any atom is 0.308 e. The van der Waals surface area contributed by atoms with Gasteiger partial charge in [0, 0.05) is 12.6 Å². The number of carbonyl (C=O) groups is 2. The topological polar surface area (TPSA) is 66.8 Å². The first-order chi connectivity index (χ1) is 10.0. The summed E-state index contributed by atoms with van der Waals surface area (Å²) in [6.45, 7) is 2.29. The van der Waals surface area contributed by atoms with E-state index in [2.05, 4.69) is 15.9 Å². The maximum atomic E-state index is 12.3. The van der Waals surface area contributed by atoms with Gasteiger partial charge in [0.1, 0.15) is 5.75 Å². The highest BCUT2D eigenvalue weighted by Crippen LogP contribution is 2.26. The van der Waals surface area contributed by atoms with E-state index in [-0.39, 0.29) is 18.6 Å². The predicted octanol–water partition coefficient (Wildman–Crippen LogP) is 2.54. The molecule has 0 radical (unpaired) electrons. The molecule has 0 aromatic heterocycles. The molecule has 1 aromatic carbocycles. The molecule has 1 saturated heterocycles. The number of para-hydroxylation sites is 1. The third kappa shape index (κ3) is 3.75. The number of ether oxygens (including phenoxy) is 1. The minimum atomic E-state index is -0.841. The highest BCUT2D eigenvalue weighted by molar-refractivity contribution is 9.10. The summed E-state index contributed by atoms with van der Waals surface area (Å²) in [4.78, 5) is 25.0. The fourth-order valence-electron chi connectivity index (χ4n) is 2.61. The van der Waals surface area contributed by atoms with Gasteiger partial charge >= 0.3 is 5.97 Å². The van der Waals surface area contributed by atoms with Crippen LogP contribution >= 0.6 is 15.9 Å². The molecule has 0 bridgehead atoms. The summed E-state index contributed by atoms with van der Waals surface area (Å²) in [5, 5.41) is 9.18. The zero-order valence-electron chi connectivity index (χ0n) is 11.8. The molecule has 0 saturated carbocycles. The summed E-state index contributed by atoms with van der Waals surface area (Å²) in [6.07, 6.45) is 1.33. The highest BCUT2D eigenvalue weighted by Gasteiger charge is 2.35. The molecule has 1 aliphatic heterocycles. The van der Waals surface area contributed by atoms with E-state index in [1.165, 1.54) is 0 Å². The third-order valence-corrected chi connectivity index (χ3v) is 4.47. The van der Waals surface area contributed by atoms with Crippen LogP contribution in [-0.4, -0.2) is 41.1 Å². The van der Waals surface area contributed by atoms with Crippen molar-refractivity contribution in [2.75, 3.05) is 13.2 Å². The van der Waals surface area contributed by atoms with Crippen LogP contribution in [-0.2, 0) is 9.59 Å². The van der Waals surface area contributed by atoms with Crippen LogP contribution in [0, 0.1) is 5.92 Å². The molecule has 2 atom stereocenters. The monoisotopic (exact) mass is 355 g/mol. The molecule has 1 heterocycles. The Hall–Kier alpha value is -1.56. The van der Waals surface area contributed by atoms with Crippen molar-refractivity contribution in [1.82, 2.24) is 4.90 Å². The van der Waals surface area contributed by atoms with Gasteiger partial charge in [-0.2, -0.15) is 0 Å². The minimum absolute atomic E-state index is 0.0840. The number of hydrogen-bond acceptors (Lipinski definition) is 3. The lowest BCUT2D eigenvalue weighted by Crippen LogP contribution is -2.50. The molecule has 0 spiro atoms. The van der Waals surface area contributed by atoms with E-state index in [1.807, 2.05) is 18.2 Å². The van der Waals surface area contributed by atoms with Crippen molar-refractivity contribution < 1.29 is 19.4 Å². The van der Waals surface area contributed by atoms with Gasteiger partial charge in [0.2, 0.25) is 0 Å². The fourth-order valence-corrected chi connectivity index (χ4v) is 3.01. The van der Waals surface area contributed by atoms with E-state index in [4.69, 9.17) is 4.74 Å². The molecule has 21 heavy (non-hydrogen) atoms. The largest absolute Gasteiger partial charge is 0.483 e. The number of carboxylic acid groups (broad SMARTS) is 1. The second kappa shape index (κ2) is 6.93. The molecule has 2 rings (SSSR count). The van der Waals surface area contributed by atoms with Crippen LogP contribution < -0.4 is 4.74 Å². The quantitative estimate of drug-likeness (QED) is 0.900. The normalized spacial score (nSPS) is 21.9. The van der Waals surface area contributed by atoms with Crippen molar-refractivity contribution in [3.63, 3.8) is 0 Å². The smallest absolute Gasteiger partial charge is 0.308 e. The Bertz CT molecular complexity index is 534. The Morgan fingerprint density at radius 3 is 2.81 bits per heavy atom. The fraction of sp³-hybridized carbons (Fsp3) is 0.467. The molecule has 1 aliphatic rings. The van der Waals surface area contributed by atoms with Gasteiger partial charge in [-0.25, -0.2) is 0 Å². The summed E-state index contributed by atoms with van der Waals surface area (Å²) in [5.41, 5.74) is 0. The zero-order valence-corrected chi connectivity index (χ0v) is 13.4. The number of rotatable bonds is 4. The van der Waals surface area contributed by atoms with Crippen LogP contribution in [0.5, 0.6) is 5.75 Å². The molecule has 1 fully saturated rings. The van der Waals surface area contributed by atoms with E-state index < -0.39 is 11.9 Å². The predicted molar refractivity (Wildman–Crippen MR) is 81.2 cm³/mol. The van der Waals surface area contributed by atoms with Crippen LogP contribution in [0.15, 0.2) is 28.7 Å². The Morgan fingerprint density at radius 1 is 1.43 bits per heavy atom. The molecule has 1 aromatic rings. The Kier molecular flexibility index (Phi) is 5.22. The number of amides is 1. The van der Waals surface area contributed by atoms with Crippen LogP contribution in [0.1, 0.15) is 19.8 Å². The summed E-state index contributed by atoms with van der Waals surface area (Å²) >= 11 is 3.36. The van der Waals surface area contributed by atoms with Crippen LogP contribution in [0.4, 0.5) is 0 Å². The number of carboxylic acids is 1. The molecular weight excluding hydrogens is 338 g/mol. The molecular formula is C15H18BrNO4. The number of carbonyl (C=O) groups excluding carboxylic acids is 1. The molecule has 1 amide bonds. The maximum absolute atomic E-state index is 12.3. The molecule has 5 nitrogen and oxygen atoms in total. The van der Waals surface area contributed by atoms with Gasteiger partial charge in [-0.1, -0.05) is 12.1 Å². The van der Waals surface area contributed by atoms with E-state index >= 15 is 0 Å². The number of nitrogens with zero attached hydrogens (tertiary/aromatic N) is 1. The summed E-state index contributed by atoms with van der Waals surface area (Å²) in [6, 6.07) is 7.00. The van der Waals surface area contributed by atoms with E-state index in [1.54, 1.807) is 17.9 Å². The van der Waals surface area contributed by atoms with Crippen LogP contribution in [0.25, 0.3) is 0 Å². The second-order valence-electron chi connectivity index (χ2n) is 5.13. The molecule has 114 valence electrons. The van der Waals surface area contributed by atoms with Crippen molar-refractivity contribution in [3.8, 4) is 5.75 Å². The lowest BCUT2D eigenvalue weighted by Gasteiger charge is -2.37. The van der Waals surface area contributed by atoms with Crippen LogP contribution in [0.2, 0.25) is 0 Å². The van der Waals surface area contributed by atoms with E-state index in [9.17, 15) is 14.7 Å². The Balaban J connectivity index is 1.97. The summed E-state index contributed by atoms with van der Waals surface area (Å²) in [5.74, 6) is -0.910. The summed E-state index contributed by atoms with van der Waals surface area (Å²) in [7, 11) is 0. The number of piperidine rings is 1. The van der Waals surface area contributed by atoms with Crippen molar-refractivity contribution in [1.29, 1.82) is 0 Å².